The van der Waals surface area contributed by atoms with Crippen molar-refractivity contribution in [3.63, 3.8) is 0 Å². The Morgan fingerprint density at radius 1 is 1.20 bits per heavy atom. The van der Waals surface area contributed by atoms with Crippen LogP contribution >= 0.6 is 34.5 Å². The van der Waals surface area contributed by atoms with Gasteiger partial charge in [0.15, 0.2) is 5.78 Å². The number of fused-ring (bicyclic) bond motifs is 3. The molecular formula is C23H19Cl2NO3S. The van der Waals surface area contributed by atoms with Gasteiger partial charge in [-0.05, 0) is 61.1 Å². The SMILES string of the molecule is CCc1ccc(Oc2nc3c(Cl)cc(Cl)cc3s2)cc1C1=C(O)[C@H]2CC[C@H](C2)C1=O. The number of ether oxygens (including phenoxy) is 1. The molecule has 0 aliphatic heterocycles. The van der Waals surface area contributed by atoms with Crippen LogP contribution in [-0.4, -0.2) is 15.9 Å². The number of carbonyl (C=O) groups excluding carboxylic acids is 1. The summed E-state index contributed by atoms with van der Waals surface area (Å²) >= 11 is 13.7. The van der Waals surface area contributed by atoms with Crippen LogP contribution in [0, 0.1) is 11.8 Å². The molecule has 2 bridgehead atoms. The summed E-state index contributed by atoms with van der Waals surface area (Å²) in [5, 5.41) is 12.3. The topological polar surface area (TPSA) is 59.4 Å². The van der Waals surface area contributed by atoms with Gasteiger partial charge in [0.2, 0.25) is 0 Å². The fourth-order valence-corrected chi connectivity index (χ4v) is 6.07. The van der Waals surface area contributed by atoms with Gasteiger partial charge in [-0.1, -0.05) is 47.5 Å². The highest BCUT2D eigenvalue weighted by molar-refractivity contribution is 7.20. The lowest BCUT2D eigenvalue weighted by Gasteiger charge is -2.23. The van der Waals surface area contributed by atoms with Gasteiger partial charge in [-0.15, -0.1) is 0 Å². The molecule has 2 aliphatic rings. The van der Waals surface area contributed by atoms with E-state index in [2.05, 4.69) is 4.98 Å². The molecule has 2 aliphatic carbocycles. The van der Waals surface area contributed by atoms with Crippen LogP contribution < -0.4 is 4.74 Å². The highest BCUT2D eigenvalue weighted by atomic mass is 35.5. The van der Waals surface area contributed by atoms with E-state index in [1.165, 1.54) is 11.3 Å². The Bertz CT molecular complexity index is 1220. The average Bonchev–Trinajstić information content (AvgIpc) is 3.33. The van der Waals surface area contributed by atoms with E-state index in [0.717, 1.165) is 41.5 Å². The minimum absolute atomic E-state index is 0.0198. The number of hydrogen-bond acceptors (Lipinski definition) is 5. The van der Waals surface area contributed by atoms with Crippen LogP contribution in [0.4, 0.5) is 0 Å². The number of aliphatic hydroxyl groups excluding tert-OH is 1. The molecule has 1 fully saturated rings. The predicted molar refractivity (Wildman–Crippen MR) is 121 cm³/mol. The fourth-order valence-electron chi connectivity index (χ4n) is 4.51. The third-order valence-electron chi connectivity index (χ3n) is 6.02. The summed E-state index contributed by atoms with van der Waals surface area (Å²) < 4.78 is 6.86. The Labute approximate surface area is 188 Å². The number of aromatic nitrogens is 1. The first-order chi connectivity index (χ1) is 14.4. The molecule has 7 heteroatoms. The van der Waals surface area contributed by atoms with Crippen LogP contribution in [0.15, 0.2) is 36.1 Å². The zero-order valence-electron chi connectivity index (χ0n) is 16.2. The van der Waals surface area contributed by atoms with Crippen molar-refractivity contribution in [2.45, 2.75) is 32.6 Å². The van der Waals surface area contributed by atoms with Crippen LogP contribution in [0.25, 0.3) is 15.8 Å². The molecule has 0 amide bonds. The Hall–Kier alpha value is -2.08. The summed E-state index contributed by atoms with van der Waals surface area (Å²) in [5.41, 5.74) is 2.88. The number of aryl methyl sites for hydroxylation is 1. The Kier molecular flexibility index (Phi) is 5.00. The quantitative estimate of drug-likeness (QED) is 0.446. The number of Topliss-reactive ketones (excluding diaryl/α,β-unsaturated/α-hetero) is 1. The smallest absolute Gasteiger partial charge is 0.279 e. The molecule has 1 heterocycles. The third-order valence-corrected chi connectivity index (χ3v) is 7.41. The van der Waals surface area contributed by atoms with E-state index in [4.69, 9.17) is 27.9 Å². The molecule has 1 saturated carbocycles. The maximum Gasteiger partial charge on any atom is 0.279 e. The van der Waals surface area contributed by atoms with Crippen molar-refractivity contribution in [1.82, 2.24) is 4.98 Å². The van der Waals surface area contributed by atoms with Crippen molar-refractivity contribution < 1.29 is 14.6 Å². The van der Waals surface area contributed by atoms with Crippen LogP contribution in [0.3, 0.4) is 0 Å². The molecule has 4 nitrogen and oxygen atoms in total. The highest BCUT2D eigenvalue weighted by Crippen LogP contribution is 2.46. The number of nitrogens with zero attached hydrogens (tertiary/aromatic N) is 1. The first-order valence-corrected chi connectivity index (χ1v) is 11.6. The van der Waals surface area contributed by atoms with Crippen molar-refractivity contribution in [2.24, 2.45) is 11.8 Å². The number of rotatable bonds is 4. The lowest BCUT2D eigenvalue weighted by atomic mass is 9.81. The van der Waals surface area contributed by atoms with Gasteiger partial charge in [-0.2, -0.15) is 0 Å². The molecule has 2 aromatic carbocycles. The van der Waals surface area contributed by atoms with Crippen LogP contribution in [0.5, 0.6) is 10.9 Å². The zero-order chi connectivity index (χ0) is 21.0. The van der Waals surface area contributed by atoms with Crippen LogP contribution in [-0.2, 0) is 11.2 Å². The van der Waals surface area contributed by atoms with Gasteiger partial charge in [-0.25, -0.2) is 4.98 Å². The minimum atomic E-state index is 0.0198. The van der Waals surface area contributed by atoms with Gasteiger partial charge in [0.1, 0.15) is 17.0 Å². The van der Waals surface area contributed by atoms with Gasteiger partial charge >= 0.3 is 0 Å². The first kappa shape index (κ1) is 19.9. The molecule has 1 aromatic heterocycles. The van der Waals surface area contributed by atoms with E-state index in [0.29, 0.717) is 32.1 Å². The Morgan fingerprint density at radius 2 is 2.00 bits per heavy atom. The van der Waals surface area contributed by atoms with E-state index < -0.39 is 0 Å². The second-order valence-electron chi connectivity index (χ2n) is 7.82. The van der Waals surface area contributed by atoms with Gasteiger partial charge in [-0.3, -0.25) is 4.79 Å². The summed E-state index contributed by atoms with van der Waals surface area (Å²) in [6, 6.07) is 9.11. The van der Waals surface area contributed by atoms with Gasteiger partial charge < -0.3 is 9.84 Å². The minimum Gasteiger partial charge on any atom is -0.511 e. The molecule has 5 rings (SSSR count). The summed E-state index contributed by atoms with van der Waals surface area (Å²) in [5.74, 6) is 0.963. The molecule has 2 atom stereocenters. The molecule has 3 aromatic rings. The maximum absolute atomic E-state index is 13.0. The predicted octanol–water partition coefficient (Wildman–Crippen LogP) is 7.23. The zero-order valence-corrected chi connectivity index (χ0v) is 18.6. The van der Waals surface area contributed by atoms with E-state index in [-0.39, 0.29) is 23.4 Å². The average molecular weight is 460 g/mol. The largest absolute Gasteiger partial charge is 0.511 e. The van der Waals surface area contributed by atoms with E-state index in [1.54, 1.807) is 12.1 Å². The second-order valence-corrected chi connectivity index (χ2v) is 9.66. The summed E-state index contributed by atoms with van der Waals surface area (Å²) in [6.07, 6.45) is 3.24. The molecule has 154 valence electrons. The van der Waals surface area contributed by atoms with E-state index in [1.807, 2.05) is 25.1 Å². The lowest BCUT2D eigenvalue weighted by Crippen LogP contribution is -2.21. The van der Waals surface area contributed by atoms with Crippen molar-refractivity contribution in [1.29, 1.82) is 0 Å². The van der Waals surface area contributed by atoms with E-state index >= 15 is 0 Å². The Balaban J connectivity index is 1.55. The monoisotopic (exact) mass is 459 g/mol. The Morgan fingerprint density at radius 3 is 2.80 bits per heavy atom. The van der Waals surface area contributed by atoms with Crippen molar-refractivity contribution in [2.75, 3.05) is 0 Å². The number of ketones is 1. The van der Waals surface area contributed by atoms with Crippen LogP contribution in [0.2, 0.25) is 10.0 Å². The maximum atomic E-state index is 13.0. The first-order valence-electron chi connectivity index (χ1n) is 9.98. The standard InChI is InChI=1S/C23H19Cl2NO3S/c1-2-11-5-6-15(29-23-26-20-17(25)8-14(24)9-18(20)30-23)10-16(11)19-21(27)12-3-4-13(7-12)22(19)28/h5-6,8-10,12-13,27H,2-4,7H2,1H3/t12-,13+/m0/s1. The summed E-state index contributed by atoms with van der Waals surface area (Å²) in [4.78, 5) is 17.5. The number of halogens is 2. The van der Waals surface area contributed by atoms with E-state index in [9.17, 15) is 9.90 Å². The second kappa shape index (κ2) is 7.56. The van der Waals surface area contributed by atoms with Crippen LogP contribution in [0.1, 0.15) is 37.3 Å². The van der Waals surface area contributed by atoms with Gasteiger partial charge in [0.05, 0.1) is 15.3 Å². The molecule has 1 N–H and O–H groups in total. The normalized spacial score (nSPS) is 21.0. The molecular weight excluding hydrogens is 441 g/mol. The number of carbonyl (C=O) groups is 1. The third kappa shape index (κ3) is 3.29. The fraction of sp³-hybridized carbons (Fsp3) is 0.304. The number of aliphatic hydroxyl groups is 1. The molecule has 30 heavy (non-hydrogen) atoms. The van der Waals surface area contributed by atoms with Gasteiger partial charge in [0.25, 0.3) is 5.19 Å². The number of benzene rings is 2. The molecule has 0 unspecified atom stereocenters. The molecule has 0 spiro atoms. The van der Waals surface area contributed by atoms with Crippen molar-refractivity contribution in [3.05, 3.63) is 57.3 Å². The highest BCUT2D eigenvalue weighted by Gasteiger charge is 2.41. The number of thiazole rings is 1. The summed E-state index contributed by atoms with van der Waals surface area (Å²) in [7, 11) is 0. The van der Waals surface area contributed by atoms with Crippen molar-refractivity contribution in [3.8, 4) is 10.9 Å². The van der Waals surface area contributed by atoms with Crippen molar-refractivity contribution >= 4 is 56.1 Å². The molecule has 0 saturated heterocycles. The lowest BCUT2D eigenvalue weighted by molar-refractivity contribution is -0.117. The summed E-state index contributed by atoms with van der Waals surface area (Å²) in [6.45, 7) is 2.04. The number of allylic oxidation sites excluding steroid dienone is 2. The number of hydrogen-bond donors (Lipinski definition) is 1. The van der Waals surface area contributed by atoms with Gasteiger partial charge in [0, 0.05) is 16.9 Å². The molecule has 0 radical (unpaired) electrons.